The Morgan fingerprint density at radius 2 is 1.71 bits per heavy atom. The van der Waals surface area contributed by atoms with Gasteiger partial charge in [0, 0.05) is 50.0 Å². The maximum Gasteiger partial charge on any atom is 0.222 e. The van der Waals surface area contributed by atoms with E-state index in [1.54, 1.807) is 0 Å². The number of hydrogen-bond donors (Lipinski definition) is 0. The van der Waals surface area contributed by atoms with Crippen molar-refractivity contribution in [3.8, 4) is 11.3 Å². The molecule has 2 atom stereocenters. The van der Waals surface area contributed by atoms with Crippen LogP contribution in [0.15, 0.2) is 42.5 Å². The SMILES string of the molecule is CCC(=O)N1CC2CN(c3ccc(-c4ccccc4)nn3)CC2C1. The van der Waals surface area contributed by atoms with Crippen molar-refractivity contribution in [1.82, 2.24) is 15.1 Å². The molecular formula is C19H22N4O. The number of amides is 1. The van der Waals surface area contributed by atoms with Crippen LogP contribution in [0, 0.1) is 11.8 Å². The molecule has 0 N–H and O–H groups in total. The van der Waals surface area contributed by atoms with Crippen molar-refractivity contribution in [3.05, 3.63) is 42.5 Å². The van der Waals surface area contributed by atoms with Gasteiger partial charge in [-0.2, -0.15) is 0 Å². The van der Waals surface area contributed by atoms with Gasteiger partial charge in [-0.3, -0.25) is 4.79 Å². The Labute approximate surface area is 142 Å². The topological polar surface area (TPSA) is 49.3 Å². The lowest BCUT2D eigenvalue weighted by molar-refractivity contribution is -0.130. The predicted molar refractivity (Wildman–Crippen MR) is 93.5 cm³/mol. The van der Waals surface area contributed by atoms with Crippen LogP contribution >= 0.6 is 0 Å². The maximum absolute atomic E-state index is 11.9. The molecule has 4 rings (SSSR count). The molecule has 0 saturated carbocycles. The van der Waals surface area contributed by atoms with Crippen molar-refractivity contribution in [2.75, 3.05) is 31.1 Å². The number of hydrogen-bond acceptors (Lipinski definition) is 4. The molecule has 1 aromatic carbocycles. The van der Waals surface area contributed by atoms with Crippen LogP contribution in [0.1, 0.15) is 13.3 Å². The number of aromatic nitrogens is 2. The Hall–Kier alpha value is -2.43. The number of fused-ring (bicyclic) bond motifs is 1. The Bertz CT molecular complexity index is 702. The molecule has 2 aliphatic rings. The summed E-state index contributed by atoms with van der Waals surface area (Å²) in [5, 5.41) is 8.82. The van der Waals surface area contributed by atoms with Gasteiger partial charge < -0.3 is 9.80 Å². The lowest BCUT2D eigenvalue weighted by Gasteiger charge is -2.22. The largest absolute Gasteiger partial charge is 0.354 e. The van der Waals surface area contributed by atoms with E-state index in [2.05, 4.69) is 21.2 Å². The van der Waals surface area contributed by atoms with Gasteiger partial charge in [0.05, 0.1) is 5.69 Å². The summed E-state index contributed by atoms with van der Waals surface area (Å²) >= 11 is 0. The zero-order chi connectivity index (χ0) is 16.5. The monoisotopic (exact) mass is 322 g/mol. The molecule has 2 unspecified atom stereocenters. The number of benzene rings is 1. The Balaban J connectivity index is 1.43. The van der Waals surface area contributed by atoms with Crippen molar-refractivity contribution in [3.63, 3.8) is 0 Å². The van der Waals surface area contributed by atoms with E-state index in [-0.39, 0.29) is 5.91 Å². The first-order chi connectivity index (χ1) is 11.7. The predicted octanol–water partition coefficient (Wildman–Crippen LogP) is 2.45. The molecule has 2 aromatic rings. The Kier molecular flexibility index (Phi) is 3.92. The average molecular weight is 322 g/mol. The van der Waals surface area contributed by atoms with E-state index >= 15 is 0 Å². The van der Waals surface area contributed by atoms with E-state index in [1.807, 2.05) is 48.2 Å². The number of nitrogens with zero attached hydrogens (tertiary/aromatic N) is 4. The van der Waals surface area contributed by atoms with E-state index in [0.717, 1.165) is 43.3 Å². The minimum absolute atomic E-state index is 0.281. The average Bonchev–Trinajstić information content (AvgIpc) is 3.21. The molecule has 24 heavy (non-hydrogen) atoms. The Morgan fingerprint density at radius 3 is 2.29 bits per heavy atom. The van der Waals surface area contributed by atoms with Gasteiger partial charge in [-0.25, -0.2) is 0 Å². The van der Waals surface area contributed by atoms with Crippen LogP contribution in [-0.2, 0) is 4.79 Å². The Morgan fingerprint density at radius 1 is 1.00 bits per heavy atom. The highest BCUT2D eigenvalue weighted by molar-refractivity contribution is 5.76. The summed E-state index contributed by atoms with van der Waals surface area (Å²) in [4.78, 5) is 16.2. The number of carbonyl (C=O) groups excluding carboxylic acids is 1. The van der Waals surface area contributed by atoms with Crippen molar-refractivity contribution >= 4 is 11.7 Å². The van der Waals surface area contributed by atoms with Crippen molar-refractivity contribution in [2.45, 2.75) is 13.3 Å². The normalized spacial score (nSPS) is 22.7. The van der Waals surface area contributed by atoms with Gasteiger partial charge in [0.1, 0.15) is 0 Å². The number of carbonyl (C=O) groups is 1. The second kappa shape index (κ2) is 6.23. The number of rotatable bonds is 3. The summed E-state index contributed by atoms with van der Waals surface area (Å²) in [6, 6.07) is 14.2. The molecule has 2 saturated heterocycles. The van der Waals surface area contributed by atoms with E-state index in [9.17, 15) is 4.79 Å². The van der Waals surface area contributed by atoms with Crippen LogP contribution in [0.3, 0.4) is 0 Å². The van der Waals surface area contributed by atoms with E-state index < -0.39 is 0 Å². The molecule has 5 heteroatoms. The molecule has 0 aliphatic carbocycles. The second-order valence-corrected chi connectivity index (χ2v) is 6.72. The van der Waals surface area contributed by atoms with E-state index in [0.29, 0.717) is 18.3 Å². The third-order valence-corrected chi connectivity index (χ3v) is 5.19. The number of anilines is 1. The lowest BCUT2D eigenvalue weighted by Crippen LogP contribution is -2.33. The summed E-state index contributed by atoms with van der Waals surface area (Å²) < 4.78 is 0. The van der Waals surface area contributed by atoms with Crippen LogP contribution in [0.25, 0.3) is 11.3 Å². The van der Waals surface area contributed by atoms with E-state index in [4.69, 9.17) is 0 Å². The third kappa shape index (κ3) is 2.75. The smallest absolute Gasteiger partial charge is 0.222 e. The zero-order valence-corrected chi connectivity index (χ0v) is 13.9. The van der Waals surface area contributed by atoms with Crippen molar-refractivity contribution in [1.29, 1.82) is 0 Å². The lowest BCUT2D eigenvalue weighted by atomic mass is 10.0. The molecule has 2 aliphatic heterocycles. The maximum atomic E-state index is 11.9. The molecule has 2 fully saturated rings. The molecule has 3 heterocycles. The van der Waals surface area contributed by atoms with Gasteiger partial charge in [-0.1, -0.05) is 37.3 Å². The van der Waals surface area contributed by atoms with Crippen LogP contribution in [-0.4, -0.2) is 47.2 Å². The molecule has 5 nitrogen and oxygen atoms in total. The van der Waals surface area contributed by atoms with Gasteiger partial charge in [-0.05, 0) is 12.1 Å². The van der Waals surface area contributed by atoms with Crippen LogP contribution in [0.5, 0.6) is 0 Å². The van der Waals surface area contributed by atoms with Gasteiger partial charge in [-0.15, -0.1) is 10.2 Å². The summed E-state index contributed by atoms with van der Waals surface area (Å²) in [7, 11) is 0. The molecule has 1 aromatic heterocycles. The highest BCUT2D eigenvalue weighted by Crippen LogP contribution is 2.33. The van der Waals surface area contributed by atoms with Crippen LogP contribution < -0.4 is 4.90 Å². The standard InChI is InChI=1S/C19H22N4O/c1-2-19(24)23-12-15-10-22(11-16(15)13-23)18-9-8-17(20-21-18)14-6-4-3-5-7-14/h3-9,15-16H,2,10-13H2,1H3. The van der Waals surface area contributed by atoms with Crippen molar-refractivity contribution < 1.29 is 4.79 Å². The molecule has 124 valence electrons. The molecule has 0 radical (unpaired) electrons. The fourth-order valence-electron chi connectivity index (χ4n) is 3.86. The van der Waals surface area contributed by atoms with Gasteiger partial charge in [0.2, 0.25) is 5.91 Å². The zero-order valence-electron chi connectivity index (χ0n) is 13.9. The fraction of sp³-hybridized carbons (Fsp3) is 0.421. The molecular weight excluding hydrogens is 300 g/mol. The van der Waals surface area contributed by atoms with Gasteiger partial charge in [0.15, 0.2) is 5.82 Å². The minimum Gasteiger partial charge on any atom is -0.354 e. The molecule has 0 spiro atoms. The van der Waals surface area contributed by atoms with Crippen molar-refractivity contribution in [2.24, 2.45) is 11.8 Å². The highest BCUT2D eigenvalue weighted by Gasteiger charge is 2.41. The second-order valence-electron chi connectivity index (χ2n) is 6.72. The quantitative estimate of drug-likeness (QED) is 0.871. The number of likely N-dealkylation sites (tertiary alicyclic amines) is 1. The third-order valence-electron chi connectivity index (χ3n) is 5.19. The first kappa shape index (κ1) is 15.1. The first-order valence-electron chi connectivity index (χ1n) is 8.66. The molecule has 0 bridgehead atoms. The van der Waals surface area contributed by atoms with Gasteiger partial charge >= 0.3 is 0 Å². The van der Waals surface area contributed by atoms with E-state index in [1.165, 1.54) is 0 Å². The molecule has 1 amide bonds. The van der Waals surface area contributed by atoms with Gasteiger partial charge in [0.25, 0.3) is 0 Å². The minimum atomic E-state index is 0.281. The van der Waals surface area contributed by atoms with Crippen LogP contribution in [0.4, 0.5) is 5.82 Å². The van der Waals surface area contributed by atoms with Crippen LogP contribution in [0.2, 0.25) is 0 Å². The summed E-state index contributed by atoms with van der Waals surface area (Å²) in [6.07, 6.45) is 0.607. The first-order valence-corrected chi connectivity index (χ1v) is 8.66. The highest BCUT2D eigenvalue weighted by atomic mass is 16.2. The fourth-order valence-corrected chi connectivity index (χ4v) is 3.86. The summed E-state index contributed by atoms with van der Waals surface area (Å²) in [5.41, 5.74) is 1.99. The summed E-state index contributed by atoms with van der Waals surface area (Å²) in [6.45, 7) is 5.66. The summed E-state index contributed by atoms with van der Waals surface area (Å²) in [5.74, 6) is 2.35.